The number of aromatic nitrogens is 2. The summed E-state index contributed by atoms with van der Waals surface area (Å²) in [5.74, 6) is 0. The SMILES string of the molecule is O=[N+]([O-])C1=CC=C(c2cn3cc(I)ccc3n2)C1. The molecule has 5 nitrogen and oxygen atoms in total. The zero-order valence-corrected chi connectivity index (χ0v) is 11.4. The van der Waals surface area contributed by atoms with Crippen molar-refractivity contribution in [2.24, 2.45) is 0 Å². The summed E-state index contributed by atoms with van der Waals surface area (Å²) >= 11 is 2.23. The quantitative estimate of drug-likeness (QED) is 0.474. The summed E-state index contributed by atoms with van der Waals surface area (Å²) in [5.41, 5.74) is 2.75. The number of pyridine rings is 1. The van der Waals surface area contributed by atoms with E-state index in [-0.39, 0.29) is 10.6 Å². The Hall–Kier alpha value is -1.70. The number of nitrogens with zero attached hydrogens (tertiary/aromatic N) is 3. The molecule has 0 saturated carbocycles. The highest BCUT2D eigenvalue weighted by atomic mass is 127. The minimum absolute atomic E-state index is 0.219. The van der Waals surface area contributed by atoms with Crippen molar-refractivity contribution >= 4 is 33.8 Å². The molecule has 0 aromatic carbocycles. The number of fused-ring (bicyclic) bond motifs is 1. The average Bonchev–Trinajstić information content (AvgIpc) is 2.93. The molecule has 2 aromatic heterocycles. The number of hydrogen-bond donors (Lipinski definition) is 0. The van der Waals surface area contributed by atoms with Gasteiger partial charge in [-0.1, -0.05) is 0 Å². The fourth-order valence-corrected chi connectivity index (χ4v) is 2.41. The van der Waals surface area contributed by atoms with Gasteiger partial charge in [0.1, 0.15) is 5.65 Å². The molecule has 0 unspecified atom stereocenters. The molecule has 0 saturated heterocycles. The van der Waals surface area contributed by atoms with Crippen molar-refractivity contribution in [3.8, 4) is 0 Å². The first-order valence-electron chi connectivity index (χ1n) is 5.32. The van der Waals surface area contributed by atoms with Gasteiger partial charge in [0, 0.05) is 22.0 Å². The molecule has 0 atom stereocenters. The molecule has 18 heavy (non-hydrogen) atoms. The van der Waals surface area contributed by atoms with E-state index in [0.717, 1.165) is 20.5 Å². The van der Waals surface area contributed by atoms with E-state index in [0.29, 0.717) is 6.42 Å². The Balaban J connectivity index is 1.95. The molecule has 2 aromatic rings. The highest BCUT2D eigenvalue weighted by Crippen LogP contribution is 2.27. The second kappa shape index (κ2) is 4.20. The third-order valence-corrected chi connectivity index (χ3v) is 3.47. The predicted molar refractivity (Wildman–Crippen MR) is 75.6 cm³/mol. The second-order valence-corrected chi connectivity index (χ2v) is 5.27. The van der Waals surface area contributed by atoms with Crippen molar-refractivity contribution in [2.75, 3.05) is 0 Å². The summed E-state index contributed by atoms with van der Waals surface area (Å²) < 4.78 is 3.05. The van der Waals surface area contributed by atoms with E-state index < -0.39 is 0 Å². The van der Waals surface area contributed by atoms with Gasteiger partial charge in [-0.2, -0.15) is 0 Å². The minimum Gasteiger partial charge on any atom is -0.305 e. The lowest BCUT2D eigenvalue weighted by Crippen LogP contribution is -1.96. The van der Waals surface area contributed by atoms with Gasteiger partial charge in [-0.15, -0.1) is 0 Å². The number of rotatable bonds is 2. The molecule has 90 valence electrons. The Bertz CT molecular complexity index is 715. The van der Waals surface area contributed by atoms with Gasteiger partial charge in [-0.25, -0.2) is 4.98 Å². The van der Waals surface area contributed by atoms with E-state index in [1.807, 2.05) is 28.9 Å². The fraction of sp³-hybridized carbons (Fsp3) is 0.0833. The van der Waals surface area contributed by atoms with E-state index in [1.54, 1.807) is 12.2 Å². The Morgan fingerprint density at radius 3 is 2.89 bits per heavy atom. The maximum absolute atomic E-state index is 10.7. The molecule has 0 N–H and O–H groups in total. The zero-order chi connectivity index (χ0) is 12.7. The van der Waals surface area contributed by atoms with E-state index in [4.69, 9.17) is 0 Å². The molecule has 0 amide bonds. The largest absolute Gasteiger partial charge is 0.305 e. The third-order valence-electron chi connectivity index (χ3n) is 2.83. The number of nitro groups is 1. The Morgan fingerprint density at radius 1 is 1.33 bits per heavy atom. The molecule has 0 fully saturated rings. The lowest BCUT2D eigenvalue weighted by molar-refractivity contribution is -0.425. The van der Waals surface area contributed by atoms with Gasteiger partial charge in [0.15, 0.2) is 0 Å². The van der Waals surface area contributed by atoms with E-state index >= 15 is 0 Å². The van der Waals surface area contributed by atoms with Crippen molar-refractivity contribution in [3.05, 3.63) is 61.8 Å². The molecule has 1 aliphatic rings. The maximum atomic E-state index is 10.7. The van der Waals surface area contributed by atoms with Gasteiger partial charge in [0.2, 0.25) is 0 Å². The molecule has 0 spiro atoms. The van der Waals surface area contributed by atoms with Gasteiger partial charge in [0.25, 0.3) is 5.70 Å². The van der Waals surface area contributed by atoms with Crippen molar-refractivity contribution in [1.29, 1.82) is 0 Å². The van der Waals surface area contributed by atoms with Crippen LogP contribution in [-0.4, -0.2) is 14.3 Å². The molecule has 2 heterocycles. The highest BCUT2D eigenvalue weighted by Gasteiger charge is 2.20. The molecular weight excluding hydrogens is 345 g/mol. The van der Waals surface area contributed by atoms with Gasteiger partial charge in [-0.05, 0) is 46.4 Å². The molecule has 0 aliphatic heterocycles. The second-order valence-electron chi connectivity index (χ2n) is 4.02. The van der Waals surface area contributed by atoms with Crippen LogP contribution in [0.3, 0.4) is 0 Å². The lowest BCUT2D eigenvalue weighted by atomic mass is 10.2. The van der Waals surface area contributed by atoms with Crippen LogP contribution in [0, 0.1) is 13.7 Å². The summed E-state index contributed by atoms with van der Waals surface area (Å²) in [6.07, 6.45) is 7.53. The predicted octanol–water partition coefficient (Wildman–Crippen LogP) is 2.89. The van der Waals surface area contributed by atoms with Gasteiger partial charge in [0.05, 0.1) is 17.0 Å². The van der Waals surface area contributed by atoms with Crippen LogP contribution in [0.1, 0.15) is 12.1 Å². The van der Waals surface area contributed by atoms with Crippen molar-refractivity contribution in [1.82, 2.24) is 9.38 Å². The first kappa shape index (κ1) is 11.4. The van der Waals surface area contributed by atoms with Gasteiger partial charge >= 0.3 is 0 Å². The molecule has 6 heteroatoms. The van der Waals surface area contributed by atoms with Crippen LogP contribution in [-0.2, 0) is 0 Å². The monoisotopic (exact) mass is 353 g/mol. The first-order valence-corrected chi connectivity index (χ1v) is 6.40. The third kappa shape index (κ3) is 1.92. The van der Waals surface area contributed by atoms with Crippen LogP contribution in [0.2, 0.25) is 0 Å². The number of hydrogen-bond acceptors (Lipinski definition) is 3. The van der Waals surface area contributed by atoms with E-state index in [2.05, 4.69) is 27.6 Å². The van der Waals surface area contributed by atoms with Crippen LogP contribution in [0.5, 0.6) is 0 Å². The van der Waals surface area contributed by atoms with Crippen LogP contribution in [0.4, 0.5) is 0 Å². The topological polar surface area (TPSA) is 60.4 Å². The summed E-state index contributed by atoms with van der Waals surface area (Å²) in [7, 11) is 0. The standard InChI is InChI=1S/C12H8IN3O2/c13-9-2-4-12-14-11(7-15(12)6-9)8-1-3-10(5-8)16(17)18/h1-4,6-7H,5H2. The fourth-order valence-electron chi connectivity index (χ4n) is 1.93. The molecule has 3 rings (SSSR count). The maximum Gasteiger partial charge on any atom is 0.250 e. The Kier molecular flexibility index (Phi) is 2.66. The summed E-state index contributed by atoms with van der Waals surface area (Å²) in [6, 6.07) is 3.92. The minimum atomic E-state index is -0.345. The Morgan fingerprint density at radius 2 is 2.17 bits per heavy atom. The Labute approximate surface area is 116 Å². The molecule has 1 aliphatic carbocycles. The van der Waals surface area contributed by atoms with Gasteiger partial charge < -0.3 is 4.40 Å². The number of halogens is 1. The first-order chi connectivity index (χ1) is 8.63. The highest BCUT2D eigenvalue weighted by molar-refractivity contribution is 14.1. The summed E-state index contributed by atoms with van der Waals surface area (Å²) in [5, 5.41) is 10.7. The van der Waals surface area contributed by atoms with Crippen LogP contribution in [0.15, 0.2) is 42.4 Å². The average molecular weight is 353 g/mol. The van der Waals surface area contributed by atoms with Crippen LogP contribution in [0.25, 0.3) is 11.2 Å². The van der Waals surface area contributed by atoms with Crippen molar-refractivity contribution < 1.29 is 4.92 Å². The molecule has 0 bridgehead atoms. The number of allylic oxidation sites excluding steroid dienone is 3. The van der Waals surface area contributed by atoms with E-state index in [9.17, 15) is 10.1 Å². The van der Waals surface area contributed by atoms with Crippen LogP contribution < -0.4 is 0 Å². The van der Waals surface area contributed by atoms with Crippen molar-refractivity contribution in [2.45, 2.75) is 6.42 Å². The smallest absolute Gasteiger partial charge is 0.250 e. The van der Waals surface area contributed by atoms with Crippen LogP contribution >= 0.6 is 22.6 Å². The van der Waals surface area contributed by atoms with E-state index in [1.165, 1.54) is 0 Å². The molecular formula is C12H8IN3O2. The lowest BCUT2D eigenvalue weighted by Gasteiger charge is -1.94. The number of imidazole rings is 1. The normalized spacial score (nSPS) is 14.7. The van der Waals surface area contributed by atoms with Gasteiger partial charge in [-0.3, -0.25) is 10.1 Å². The van der Waals surface area contributed by atoms with Crippen molar-refractivity contribution in [3.63, 3.8) is 0 Å². The summed E-state index contributed by atoms with van der Waals surface area (Å²) in [6.45, 7) is 0. The zero-order valence-electron chi connectivity index (χ0n) is 9.21. The molecule has 0 radical (unpaired) electrons. The summed E-state index contributed by atoms with van der Waals surface area (Å²) in [4.78, 5) is 14.8.